The van der Waals surface area contributed by atoms with Gasteiger partial charge in [-0.2, -0.15) is 0 Å². The maximum atomic E-state index is 6.01. The zero-order chi connectivity index (χ0) is 32.4. The first-order chi connectivity index (χ1) is 20.5. The third kappa shape index (κ3) is 12.5. The van der Waals surface area contributed by atoms with E-state index >= 15 is 0 Å². The van der Waals surface area contributed by atoms with Gasteiger partial charge in [0.25, 0.3) is 0 Å². The van der Waals surface area contributed by atoms with Crippen molar-refractivity contribution in [2.24, 2.45) is 0 Å². The van der Waals surface area contributed by atoms with E-state index in [9.17, 15) is 0 Å². The van der Waals surface area contributed by atoms with E-state index in [1.54, 1.807) is 0 Å². The maximum Gasteiger partial charge on any atom is 0.137 e. The Labute approximate surface area is 268 Å². The van der Waals surface area contributed by atoms with Crippen molar-refractivity contribution in [3.8, 4) is 11.5 Å². The summed E-state index contributed by atoms with van der Waals surface area (Å²) in [5.74, 6) is 2.71. The van der Waals surface area contributed by atoms with Gasteiger partial charge in [0.05, 0.1) is 25.6 Å². The van der Waals surface area contributed by atoms with E-state index in [4.69, 9.17) is 14.5 Å². The van der Waals surface area contributed by atoms with E-state index in [1.807, 2.05) is 12.4 Å². The van der Waals surface area contributed by atoms with Gasteiger partial charge < -0.3 is 25.0 Å². The van der Waals surface area contributed by atoms with Gasteiger partial charge in [0.15, 0.2) is 0 Å². The molecule has 0 spiro atoms. The van der Waals surface area contributed by atoms with Crippen molar-refractivity contribution in [3.05, 3.63) is 42.4 Å². The van der Waals surface area contributed by atoms with Gasteiger partial charge in [-0.15, -0.1) is 0 Å². The minimum absolute atomic E-state index is 0.0173. The minimum Gasteiger partial charge on any atom is -0.492 e. The van der Waals surface area contributed by atoms with Crippen LogP contribution in [-0.2, 0) is 5.41 Å². The second kappa shape index (κ2) is 15.7. The van der Waals surface area contributed by atoms with Gasteiger partial charge in [-0.1, -0.05) is 13.8 Å². The van der Waals surface area contributed by atoms with Crippen molar-refractivity contribution in [1.82, 2.24) is 25.5 Å². The predicted octanol–water partition coefficient (Wildman–Crippen LogP) is 6.45. The van der Waals surface area contributed by atoms with Crippen LogP contribution in [0.15, 0.2) is 36.7 Å². The zero-order valence-electron chi connectivity index (χ0n) is 29.6. The van der Waals surface area contributed by atoms with Gasteiger partial charge in [0.1, 0.15) is 17.3 Å². The molecule has 1 aliphatic heterocycles. The number of aromatic nitrogens is 2. The molecular weight excluding hydrogens is 548 g/mol. The lowest BCUT2D eigenvalue weighted by molar-refractivity contribution is 0.128. The highest BCUT2D eigenvalue weighted by Crippen LogP contribution is 2.30. The molecule has 0 radical (unpaired) electrons. The Hall–Kier alpha value is -2.42. The minimum atomic E-state index is -0.0173. The highest BCUT2D eigenvalue weighted by atomic mass is 16.5. The van der Waals surface area contributed by atoms with Gasteiger partial charge in [0.2, 0.25) is 0 Å². The Balaban J connectivity index is 1.32. The van der Waals surface area contributed by atoms with E-state index in [-0.39, 0.29) is 22.0 Å². The summed E-state index contributed by atoms with van der Waals surface area (Å²) in [6, 6.07) is 8.32. The lowest BCUT2D eigenvalue weighted by Crippen LogP contribution is -2.53. The van der Waals surface area contributed by atoms with Gasteiger partial charge in [-0.25, -0.2) is 4.98 Å². The third-order valence-electron chi connectivity index (χ3n) is 8.52. The van der Waals surface area contributed by atoms with E-state index in [0.717, 1.165) is 88.0 Å². The van der Waals surface area contributed by atoms with Crippen molar-refractivity contribution in [2.45, 2.75) is 117 Å². The molecule has 44 heavy (non-hydrogen) atoms. The smallest absolute Gasteiger partial charge is 0.137 e. The Morgan fingerprint density at radius 1 is 0.682 bits per heavy atom. The molecule has 0 amide bonds. The second-order valence-electron chi connectivity index (χ2n) is 15.7. The average molecular weight is 611 g/mol. The highest BCUT2D eigenvalue weighted by Gasteiger charge is 2.27. The van der Waals surface area contributed by atoms with Crippen LogP contribution in [0.1, 0.15) is 101 Å². The van der Waals surface area contributed by atoms with Gasteiger partial charge in [-0.3, -0.25) is 9.88 Å². The average Bonchev–Trinajstić information content (AvgIpc) is 2.95. The monoisotopic (exact) mass is 610 g/mol. The third-order valence-corrected chi connectivity index (χ3v) is 8.52. The van der Waals surface area contributed by atoms with Crippen LogP contribution in [-0.4, -0.2) is 84.0 Å². The summed E-state index contributed by atoms with van der Waals surface area (Å²) >= 11 is 0. The topological polar surface area (TPSA) is 74.8 Å². The number of hydrogen-bond acceptors (Lipinski definition) is 8. The number of nitrogens with zero attached hydrogens (tertiary/aromatic N) is 4. The van der Waals surface area contributed by atoms with Crippen LogP contribution in [0.4, 0.5) is 5.82 Å². The summed E-state index contributed by atoms with van der Waals surface area (Å²) in [6.45, 7) is 29.9. The Kier molecular flexibility index (Phi) is 12.9. The van der Waals surface area contributed by atoms with Crippen LogP contribution >= 0.6 is 0 Å². The molecule has 0 unspecified atom stereocenters. The SMILES string of the molecule is CC(C)(C)NCCCOc1ccc(C(C)(C)CCC(C)(C)NCCCOc2ccc(N3CCN(C(C)(C)C)CC3)nc2)nc1. The fraction of sp³-hybridized carbons (Fsp3) is 0.722. The lowest BCUT2D eigenvalue weighted by atomic mass is 9.80. The fourth-order valence-corrected chi connectivity index (χ4v) is 5.37. The number of piperazine rings is 1. The molecule has 2 aromatic rings. The molecule has 2 aromatic heterocycles. The summed E-state index contributed by atoms with van der Waals surface area (Å²) in [5.41, 5.74) is 1.48. The van der Waals surface area contributed by atoms with Crippen LogP contribution < -0.4 is 25.0 Å². The molecule has 3 heterocycles. The van der Waals surface area contributed by atoms with E-state index in [2.05, 4.69) is 119 Å². The van der Waals surface area contributed by atoms with Gasteiger partial charge >= 0.3 is 0 Å². The number of hydrogen-bond donors (Lipinski definition) is 2. The van der Waals surface area contributed by atoms with Crippen LogP contribution in [0, 0.1) is 0 Å². The van der Waals surface area contributed by atoms with Crippen LogP contribution in [0.2, 0.25) is 0 Å². The molecule has 3 rings (SSSR count). The standard InChI is InChI=1S/C36H62N6O2/c1-33(2,3)39-19-11-25-43-29-13-15-31(37-27-29)35(7,8)17-18-36(9,10)40-20-12-26-44-30-14-16-32(38-28-30)41-21-23-42(24-22-41)34(4,5)6/h13-16,27-28,39-40H,11-12,17-26H2,1-10H3. The molecule has 0 saturated carbocycles. The Bertz CT molecular complexity index is 1100. The molecule has 0 aliphatic carbocycles. The molecule has 8 nitrogen and oxygen atoms in total. The first-order valence-corrected chi connectivity index (χ1v) is 16.7. The van der Waals surface area contributed by atoms with Crippen molar-refractivity contribution >= 4 is 5.82 Å². The molecule has 248 valence electrons. The highest BCUT2D eigenvalue weighted by molar-refractivity contribution is 5.41. The van der Waals surface area contributed by atoms with Gasteiger partial charge in [0, 0.05) is 53.9 Å². The number of nitrogens with one attached hydrogen (secondary N) is 2. The number of pyridine rings is 2. The van der Waals surface area contributed by atoms with E-state index in [0.29, 0.717) is 13.2 Å². The molecule has 0 bridgehead atoms. The number of ether oxygens (including phenoxy) is 2. The summed E-state index contributed by atoms with van der Waals surface area (Å²) in [7, 11) is 0. The van der Waals surface area contributed by atoms with Crippen molar-refractivity contribution < 1.29 is 9.47 Å². The Morgan fingerprint density at radius 3 is 1.75 bits per heavy atom. The molecule has 0 aromatic carbocycles. The summed E-state index contributed by atoms with van der Waals surface area (Å²) < 4.78 is 11.9. The first kappa shape index (κ1) is 36.1. The van der Waals surface area contributed by atoms with E-state index in [1.165, 1.54) is 0 Å². The van der Waals surface area contributed by atoms with Crippen molar-refractivity contribution in [2.75, 3.05) is 57.4 Å². The molecule has 1 saturated heterocycles. The second-order valence-corrected chi connectivity index (χ2v) is 15.7. The summed E-state index contributed by atoms with van der Waals surface area (Å²) in [4.78, 5) is 14.4. The van der Waals surface area contributed by atoms with Crippen LogP contribution in [0.5, 0.6) is 11.5 Å². The predicted molar refractivity (Wildman–Crippen MR) is 184 cm³/mol. The normalized spacial score (nSPS) is 15.5. The first-order valence-electron chi connectivity index (χ1n) is 16.7. The molecule has 2 N–H and O–H groups in total. The molecule has 8 heteroatoms. The molecular formula is C36H62N6O2. The van der Waals surface area contributed by atoms with Crippen LogP contribution in [0.3, 0.4) is 0 Å². The maximum absolute atomic E-state index is 6.01. The van der Waals surface area contributed by atoms with Crippen LogP contribution in [0.25, 0.3) is 0 Å². The quantitative estimate of drug-likeness (QED) is 0.210. The van der Waals surface area contributed by atoms with Gasteiger partial charge in [-0.05, 0) is 118 Å². The number of anilines is 1. The molecule has 0 atom stereocenters. The molecule has 1 aliphatic rings. The largest absolute Gasteiger partial charge is 0.492 e. The van der Waals surface area contributed by atoms with E-state index < -0.39 is 0 Å². The summed E-state index contributed by atoms with van der Waals surface area (Å²) in [6.07, 6.45) is 7.74. The molecule has 1 fully saturated rings. The summed E-state index contributed by atoms with van der Waals surface area (Å²) in [5, 5.41) is 7.23. The van der Waals surface area contributed by atoms with Crippen molar-refractivity contribution in [1.29, 1.82) is 0 Å². The number of rotatable bonds is 16. The Morgan fingerprint density at radius 2 is 1.25 bits per heavy atom. The van der Waals surface area contributed by atoms with Crippen molar-refractivity contribution in [3.63, 3.8) is 0 Å². The zero-order valence-corrected chi connectivity index (χ0v) is 29.6. The fourth-order valence-electron chi connectivity index (χ4n) is 5.37. The lowest BCUT2D eigenvalue weighted by Gasteiger charge is -2.42.